The van der Waals surface area contributed by atoms with Gasteiger partial charge in [0.15, 0.2) is 0 Å². The van der Waals surface area contributed by atoms with Crippen molar-refractivity contribution in [1.29, 1.82) is 0 Å². The lowest BCUT2D eigenvalue weighted by molar-refractivity contribution is 0.168. The van der Waals surface area contributed by atoms with Crippen LogP contribution >= 0.6 is 0 Å². The van der Waals surface area contributed by atoms with Gasteiger partial charge in [0, 0.05) is 25.2 Å². The van der Waals surface area contributed by atoms with Crippen LogP contribution in [0.1, 0.15) is 46.0 Å². The molecule has 1 aliphatic heterocycles. The Morgan fingerprint density at radius 2 is 1.89 bits per heavy atom. The molecule has 1 saturated heterocycles. The molecule has 102 valence electrons. The van der Waals surface area contributed by atoms with E-state index in [9.17, 15) is 0 Å². The van der Waals surface area contributed by atoms with Gasteiger partial charge in [-0.1, -0.05) is 19.8 Å². The van der Waals surface area contributed by atoms with E-state index in [1.54, 1.807) is 0 Å². The number of rotatable bonds is 3. The van der Waals surface area contributed by atoms with Gasteiger partial charge in [0.25, 0.3) is 0 Å². The third-order valence-electron chi connectivity index (χ3n) is 4.78. The van der Waals surface area contributed by atoms with Crippen molar-refractivity contribution < 1.29 is 0 Å². The lowest BCUT2D eigenvalue weighted by atomic mass is 9.79. The van der Waals surface area contributed by atoms with Gasteiger partial charge in [0.05, 0.1) is 6.54 Å². The summed E-state index contributed by atoms with van der Waals surface area (Å²) in [4.78, 5) is 2.39. The van der Waals surface area contributed by atoms with Gasteiger partial charge in [-0.05, 0) is 43.9 Å². The molecule has 1 saturated carbocycles. The first-order chi connectivity index (χ1) is 8.69. The number of hydrogen-bond donors (Lipinski definition) is 1. The molecule has 3 atom stereocenters. The van der Waals surface area contributed by atoms with Crippen molar-refractivity contribution >= 4 is 0 Å². The Bertz CT molecular complexity index is 286. The molecule has 0 amide bonds. The van der Waals surface area contributed by atoms with Crippen LogP contribution in [0, 0.1) is 24.2 Å². The molecule has 0 aromatic rings. The lowest BCUT2D eigenvalue weighted by Crippen LogP contribution is -2.49. The summed E-state index contributed by atoms with van der Waals surface area (Å²) in [5.41, 5.74) is 0. The number of nitrogens with zero attached hydrogens (tertiary/aromatic N) is 1. The molecule has 0 aromatic heterocycles. The molecule has 3 unspecified atom stereocenters. The minimum atomic E-state index is 0.722. The Morgan fingerprint density at radius 3 is 2.50 bits per heavy atom. The molecule has 2 nitrogen and oxygen atoms in total. The predicted octanol–water partition coefficient (Wildman–Crippen LogP) is 2.50. The van der Waals surface area contributed by atoms with Gasteiger partial charge in [0.1, 0.15) is 0 Å². The quantitative estimate of drug-likeness (QED) is 0.772. The fourth-order valence-electron chi connectivity index (χ4n) is 3.60. The maximum atomic E-state index is 5.37. The minimum Gasteiger partial charge on any atom is -0.311 e. The van der Waals surface area contributed by atoms with E-state index in [1.165, 1.54) is 45.2 Å². The highest BCUT2D eigenvalue weighted by molar-refractivity contribution is 4.91. The van der Waals surface area contributed by atoms with E-state index in [1.807, 2.05) is 0 Å². The van der Waals surface area contributed by atoms with E-state index in [-0.39, 0.29) is 0 Å². The molecule has 0 radical (unpaired) electrons. The van der Waals surface area contributed by atoms with Crippen molar-refractivity contribution in [2.45, 2.75) is 58.0 Å². The first kappa shape index (κ1) is 13.9. The van der Waals surface area contributed by atoms with Gasteiger partial charge in [-0.15, -0.1) is 6.42 Å². The Kier molecular flexibility index (Phi) is 5.09. The summed E-state index contributed by atoms with van der Waals surface area (Å²) >= 11 is 0. The largest absolute Gasteiger partial charge is 0.311 e. The molecular weight excluding hydrogens is 220 g/mol. The third kappa shape index (κ3) is 3.73. The minimum absolute atomic E-state index is 0.722. The number of hydrogen-bond acceptors (Lipinski definition) is 2. The number of piperidine rings is 1. The smallest absolute Gasteiger partial charge is 0.0598 e. The topological polar surface area (TPSA) is 15.3 Å². The van der Waals surface area contributed by atoms with Crippen LogP contribution in [-0.4, -0.2) is 36.6 Å². The van der Waals surface area contributed by atoms with Crippen LogP contribution in [0.5, 0.6) is 0 Å². The van der Waals surface area contributed by atoms with E-state index in [4.69, 9.17) is 6.42 Å². The SMILES string of the molecule is C#CCN1CCC(NC2CCC(C)CC2C)CC1. The summed E-state index contributed by atoms with van der Waals surface area (Å²) in [5, 5.41) is 3.91. The van der Waals surface area contributed by atoms with Gasteiger partial charge < -0.3 is 5.32 Å². The zero-order chi connectivity index (χ0) is 13.0. The average molecular weight is 248 g/mol. The molecule has 1 aliphatic carbocycles. The first-order valence-corrected chi connectivity index (χ1v) is 7.61. The van der Waals surface area contributed by atoms with Crippen molar-refractivity contribution in [3.05, 3.63) is 0 Å². The standard InChI is InChI=1S/C16H28N2/c1-4-9-18-10-7-15(8-11-18)17-16-6-5-13(2)12-14(16)3/h1,13-17H,5-12H2,2-3H3. The molecule has 1 heterocycles. The second-order valence-corrected chi connectivity index (χ2v) is 6.42. The van der Waals surface area contributed by atoms with E-state index in [0.717, 1.165) is 30.5 Å². The van der Waals surface area contributed by atoms with Gasteiger partial charge >= 0.3 is 0 Å². The highest BCUT2D eigenvalue weighted by Gasteiger charge is 2.28. The maximum absolute atomic E-state index is 5.37. The molecular formula is C16H28N2. The van der Waals surface area contributed by atoms with E-state index < -0.39 is 0 Å². The summed E-state index contributed by atoms with van der Waals surface area (Å²) in [6, 6.07) is 1.48. The molecule has 1 N–H and O–H groups in total. The molecule has 2 aliphatic rings. The van der Waals surface area contributed by atoms with Crippen molar-refractivity contribution in [2.75, 3.05) is 19.6 Å². The summed E-state index contributed by atoms with van der Waals surface area (Å²) in [7, 11) is 0. The molecule has 0 bridgehead atoms. The molecule has 0 spiro atoms. The summed E-state index contributed by atoms with van der Waals surface area (Å²) < 4.78 is 0. The van der Waals surface area contributed by atoms with E-state index >= 15 is 0 Å². The Labute approximate surface area is 113 Å². The normalized spacial score (nSPS) is 35.3. The Balaban J connectivity index is 1.73. The van der Waals surface area contributed by atoms with Gasteiger partial charge in [0.2, 0.25) is 0 Å². The summed E-state index contributed by atoms with van der Waals surface area (Å²) in [6.45, 7) is 7.97. The average Bonchev–Trinajstić information content (AvgIpc) is 2.35. The second-order valence-electron chi connectivity index (χ2n) is 6.42. The maximum Gasteiger partial charge on any atom is 0.0598 e. The highest BCUT2D eigenvalue weighted by atomic mass is 15.1. The zero-order valence-corrected chi connectivity index (χ0v) is 12.0. The van der Waals surface area contributed by atoms with Crippen molar-refractivity contribution in [3.8, 4) is 12.3 Å². The van der Waals surface area contributed by atoms with Gasteiger partial charge in [-0.2, -0.15) is 0 Å². The Morgan fingerprint density at radius 1 is 1.17 bits per heavy atom. The molecule has 2 heteroatoms. The van der Waals surface area contributed by atoms with E-state index in [0.29, 0.717) is 0 Å². The summed E-state index contributed by atoms with van der Waals surface area (Å²) in [5.74, 6) is 4.52. The number of nitrogens with one attached hydrogen (secondary N) is 1. The molecule has 0 aromatic carbocycles. The lowest BCUT2D eigenvalue weighted by Gasteiger charge is -2.38. The molecule has 2 rings (SSSR count). The van der Waals surface area contributed by atoms with Crippen LogP contribution in [-0.2, 0) is 0 Å². The van der Waals surface area contributed by atoms with Gasteiger partial charge in [-0.25, -0.2) is 0 Å². The van der Waals surface area contributed by atoms with Crippen LogP contribution in [0.3, 0.4) is 0 Å². The van der Waals surface area contributed by atoms with Crippen LogP contribution in [0.25, 0.3) is 0 Å². The van der Waals surface area contributed by atoms with Crippen LogP contribution < -0.4 is 5.32 Å². The van der Waals surface area contributed by atoms with Crippen LogP contribution in [0.4, 0.5) is 0 Å². The number of likely N-dealkylation sites (tertiary alicyclic amines) is 1. The Hall–Kier alpha value is -0.520. The van der Waals surface area contributed by atoms with E-state index in [2.05, 4.69) is 30.0 Å². The predicted molar refractivity (Wildman–Crippen MR) is 77.4 cm³/mol. The number of terminal acetylenes is 1. The highest BCUT2D eigenvalue weighted by Crippen LogP contribution is 2.29. The molecule has 2 fully saturated rings. The summed E-state index contributed by atoms with van der Waals surface area (Å²) in [6.07, 6.45) is 12.1. The second kappa shape index (κ2) is 6.59. The molecule has 18 heavy (non-hydrogen) atoms. The van der Waals surface area contributed by atoms with Gasteiger partial charge in [-0.3, -0.25) is 4.90 Å². The van der Waals surface area contributed by atoms with Crippen LogP contribution in [0.15, 0.2) is 0 Å². The fraction of sp³-hybridized carbons (Fsp3) is 0.875. The monoisotopic (exact) mass is 248 g/mol. The third-order valence-corrected chi connectivity index (χ3v) is 4.78. The first-order valence-electron chi connectivity index (χ1n) is 7.61. The zero-order valence-electron chi connectivity index (χ0n) is 12.0. The van der Waals surface area contributed by atoms with Crippen LogP contribution in [0.2, 0.25) is 0 Å². The van der Waals surface area contributed by atoms with Crippen molar-refractivity contribution in [3.63, 3.8) is 0 Å². The van der Waals surface area contributed by atoms with Crippen molar-refractivity contribution in [1.82, 2.24) is 10.2 Å². The van der Waals surface area contributed by atoms with Crippen molar-refractivity contribution in [2.24, 2.45) is 11.8 Å². The fourth-order valence-corrected chi connectivity index (χ4v) is 3.60.